The molecule has 0 bridgehead atoms. The highest BCUT2D eigenvalue weighted by Crippen LogP contribution is 2.23. The lowest BCUT2D eigenvalue weighted by molar-refractivity contribution is -0.137. The van der Waals surface area contributed by atoms with Crippen molar-refractivity contribution in [2.45, 2.75) is 11.8 Å². The number of hydrogen-bond donors (Lipinski definition) is 1. The minimum atomic E-state index is -4.03. The van der Waals surface area contributed by atoms with Crippen LogP contribution in [0.25, 0.3) is 0 Å². The Labute approximate surface area is 109 Å². The number of aryl methyl sites for hydroxylation is 1. The fourth-order valence-electron chi connectivity index (χ4n) is 1.37. The molecular formula is C10H13NO7S. The zero-order chi connectivity index (χ0) is 14.8. The van der Waals surface area contributed by atoms with Crippen molar-refractivity contribution in [3.05, 3.63) is 17.6 Å². The number of carbonyl (C=O) groups excluding carboxylic acids is 1. The van der Waals surface area contributed by atoms with Gasteiger partial charge >= 0.3 is 11.9 Å². The molecule has 1 rings (SSSR count). The number of ether oxygens (including phenoxy) is 1. The predicted octanol–water partition coefficient (Wildman–Crippen LogP) is 0.0797. The highest BCUT2D eigenvalue weighted by molar-refractivity contribution is 7.89. The van der Waals surface area contributed by atoms with Crippen LogP contribution < -0.4 is 0 Å². The number of likely N-dealkylation sites (N-methyl/N-ethyl adjacent to an activating group) is 1. The molecular weight excluding hydrogens is 278 g/mol. The highest BCUT2D eigenvalue weighted by atomic mass is 32.2. The fraction of sp³-hybridized carbons (Fsp3) is 0.400. The van der Waals surface area contributed by atoms with Crippen LogP contribution in [0.2, 0.25) is 0 Å². The summed E-state index contributed by atoms with van der Waals surface area (Å²) >= 11 is 0. The van der Waals surface area contributed by atoms with Crippen LogP contribution >= 0.6 is 0 Å². The van der Waals surface area contributed by atoms with Gasteiger partial charge in [-0.15, -0.1) is 0 Å². The number of nitrogens with zero attached hydrogens (tertiary/aromatic N) is 1. The molecule has 0 atom stereocenters. The summed E-state index contributed by atoms with van der Waals surface area (Å²) in [6, 6.07) is 1.01. The average Bonchev–Trinajstić information content (AvgIpc) is 2.70. The van der Waals surface area contributed by atoms with Crippen LogP contribution in [-0.2, 0) is 19.6 Å². The Morgan fingerprint density at radius 3 is 2.53 bits per heavy atom. The van der Waals surface area contributed by atoms with E-state index in [1.807, 2.05) is 0 Å². The first-order valence-corrected chi connectivity index (χ1v) is 6.51. The minimum Gasteiger partial charge on any atom is -0.480 e. The summed E-state index contributed by atoms with van der Waals surface area (Å²) < 4.78 is 34.2. The van der Waals surface area contributed by atoms with Gasteiger partial charge < -0.3 is 14.3 Å². The Morgan fingerprint density at radius 2 is 2.05 bits per heavy atom. The van der Waals surface area contributed by atoms with Crippen LogP contribution in [0.3, 0.4) is 0 Å². The molecule has 0 radical (unpaired) electrons. The maximum absolute atomic E-state index is 12.1. The van der Waals surface area contributed by atoms with Gasteiger partial charge in [-0.2, -0.15) is 4.31 Å². The average molecular weight is 291 g/mol. The molecule has 1 heterocycles. The molecule has 0 aliphatic carbocycles. The van der Waals surface area contributed by atoms with Crippen LogP contribution in [0.15, 0.2) is 15.4 Å². The van der Waals surface area contributed by atoms with Crippen LogP contribution in [-0.4, -0.2) is 50.5 Å². The third-order valence-electron chi connectivity index (χ3n) is 2.30. The van der Waals surface area contributed by atoms with Gasteiger partial charge in [-0.3, -0.25) is 4.79 Å². The lowest BCUT2D eigenvalue weighted by atomic mass is 10.4. The number of aliphatic carboxylic acids is 1. The van der Waals surface area contributed by atoms with Gasteiger partial charge in [-0.1, -0.05) is 0 Å². The lowest BCUT2D eigenvalue weighted by Gasteiger charge is -2.13. The largest absolute Gasteiger partial charge is 0.480 e. The van der Waals surface area contributed by atoms with Crippen molar-refractivity contribution in [2.75, 3.05) is 20.7 Å². The number of carboxylic acids is 1. The smallest absolute Gasteiger partial charge is 0.373 e. The summed E-state index contributed by atoms with van der Waals surface area (Å²) in [6.45, 7) is 0.661. The quantitative estimate of drug-likeness (QED) is 0.764. The molecule has 1 aromatic rings. The topological polar surface area (TPSA) is 114 Å². The van der Waals surface area contributed by atoms with E-state index in [2.05, 4.69) is 4.74 Å². The van der Waals surface area contributed by atoms with Gasteiger partial charge in [0.2, 0.25) is 15.8 Å². The minimum absolute atomic E-state index is 0.0161. The third kappa shape index (κ3) is 3.12. The van der Waals surface area contributed by atoms with Gasteiger partial charge in [0.05, 0.1) is 7.11 Å². The van der Waals surface area contributed by atoms with Crippen molar-refractivity contribution in [3.8, 4) is 0 Å². The van der Waals surface area contributed by atoms with Gasteiger partial charge in [-0.05, 0) is 6.92 Å². The molecule has 106 valence electrons. The van der Waals surface area contributed by atoms with E-state index in [-0.39, 0.29) is 16.4 Å². The van der Waals surface area contributed by atoms with E-state index in [4.69, 9.17) is 9.52 Å². The number of sulfonamides is 1. The Morgan fingerprint density at radius 1 is 1.47 bits per heavy atom. The van der Waals surface area contributed by atoms with Crippen molar-refractivity contribution < 1.29 is 32.3 Å². The van der Waals surface area contributed by atoms with Crippen molar-refractivity contribution >= 4 is 22.0 Å². The van der Waals surface area contributed by atoms with Gasteiger partial charge in [-0.25, -0.2) is 13.2 Å². The first-order chi connectivity index (χ1) is 8.70. The van der Waals surface area contributed by atoms with Crippen molar-refractivity contribution in [2.24, 2.45) is 0 Å². The van der Waals surface area contributed by atoms with Gasteiger partial charge in [0.1, 0.15) is 17.2 Å². The van der Waals surface area contributed by atoms with Crippen molar-refractivity contribution in [1.29, 1.82) is 0 Å². The maximum atomic E-state index is 12.1. The summed E-state index contributed by atoms with van der Waals surface area (Å²) in [6.07, 6.45) is 0. The number of carboxylic acid groups (broad SMARTS) is 1. The second-order valence-corrected chi connectivity index (χ2v) is 5.69. The van der Waals surface area contributed by atoms with Gasteiger partial charge in [0, 0.05) is 13.1 Å². The second kappa shape index (κ2) is 5.41. The van der Waals surface area contributed by atoms with E-state index in [0.717, 1.165) is 20.2 Å². The molecule has 0 unspecified atom stereocenters. The first-order valence-electron chi connectivity index (χ1n) is 5.07. The maximum Gasteiger partial charge on any atom is 0.373 e. The van der Waals surface area contributed by atoms with Crippen LogP contribution in [0, 0.1) is 6.92 Å². The fourth-order valence-corrected chi connectivity index (χ4v) is 2.64. The zero-order valence-electron chi connectivity index (χ0n) is 10.5. The van der Waals surface area contributed by atoms with Gasteiger partial charge in [0.25, 0.3) is 0 Å². The Bertz CT molecular complexity index is 601. The Kier molecular flexibility index (Phi) is 4.32. The van der Waals surface area contributed by atoms with E-state index in [1.54, 1.807) is 0 Å². The SMILES string of the molecule is COC(=O)c1cc(S(=O)(=O)N(C)CC(=O)O)c(C)o1. The monoisotopic (exact) mass is 291 g/mol. The number of hydrogen-bond acceptors (Lipinski definition) is 6. The zero-order valence-corrected chi connectivity index (χ0v) is 11.4. The number of furan rings is 1. The van der Waals surface area contributed by atoms with Crippen molar-refractivity contribution in [1.82, 2.24) is 4.31 Å². The molecule has 0 aliphatic heterocycles. The summed E-state index contributed by atoms with van der Waals surface area (Å²) in [5.41, 5.74) is 0. The summed E-state index contributed by atoms with van der Waals surface area (Å²) in [4.78, 5) is 21.5. The first kappa shape index (κ1) is 15.2. The predicted molar refractivity (Wildman–Crippen MR) is 62.2 cm³/mol. The van der Waals surface area contributed by atoms with E-state index in [9.17, 15) is 18.0 Å². The molecule has 1 N–H and O–H groups in total. The Hall–Kier alpha value is -1.87. The number of methoxy groups -OCH3 is 1. The molecule has 0 saturated heterocycles. The van der Waals surface area contributed by atoms with E-state index in [0.29, 0.717) is 4.31 Å². The molecule has 0 amide bonds. The molecule has 0 aromatic carbocycles. The summed E-state index contributed by atoms with van der Waals surface area (Å²) in [7, 11) is -1.79. The summed E-state index contributed by atoms with van der Waals surface area (Å²) in [5, 5.41) is 8.59. The number of rotatable bonds is 5. The molecule has 0 spiro atoms. The third-order valence-corrected chi connectivity index (χ3v) is 4.22. The Balaban J connectivity index is 3.18. The highest BCUT2D eigenvalue weighted by Gasteiger charge is 2.29. The van der Waals surface area contributed by atoms with E-state index >= 15 is 0 Å². The standard InChI is InChI=1S/C10H13NO7S/c1-6-8(4-7(18-6)10(14)17-3)19(15,16)11(2)5-9(12)13/h4H,5H2,1-3H3,(H,12,13). The van der Waals surface area contributed by atoms with Gasteiger partial charge in [0.15, 0.2) is 0 Å². The van der Waals surface area contributed by atoms with E-state index < -0.39 is 28.5 Å². The molecule has 0 aliphatic rings. The van der Waals surface area contributed by atoms with Crippen LogP contribution in [0.5, 0.6) is 0 Å². The molecule has 1 aromatic heterocycles. The normalized spacial score (nSPS) is 11.6. The molecule has 0 saturated carbocycles. The number of carbonyl (C=O) groups is 2. The van der Waals surface area contributed by atoms with Crippen LogP contribution in [0.4, 0.5) is 0 Å². The molecule has 8 nitrogen and oxygen atoms in total. The second-order valence-electron chi connectivity index (χ2n) is 3.68. The molecule has 9 heteroatoms. The van der Waals surface area contributed by atoms with Crippen LogP contribution in [0.1, 0.15) is 16.3 Å². The lowest BCUT2D eigenvalue weighted by Crippen LogP contribution is -2.32. The summed E-state index contributed by atoms with van der Waals surface area (Å²) in [5.74, 6) is -2.38. The number of esters is 1. The molecule has 19 heavy (non-hydrogen) atoms. The molecule has 0 fully saturated rings. The van der Waals surface area contributed by atoms with Crippen molar-refractivity contribution in [3.63, 3.8) is 0 Å². The van der Waals surface area contributed by atoms with E-state index in [1.165, 1.54) is 6.92 Å².